The van der Waals surface area contributed by atoms with Gasteiger partial charge in [0.25, 0.3) is 5.91 Å². The lowest BCUT2D eigenvalue weighted by Crippen LogP contribution is -2.37. The summed E-state index contributed by atoms with van der Waals surface area (Å²) >= 11 is 0. The molecular weight excluding hydrogens is 431 g/mol. The number of rotatable bonds is 10. The molecule has 1 aliphatic heterocycles. The van der Waals surface area contributed by atoms with E-state index < -0.39 is 17.6 Å². The van der Waals surface area contributed by atoms with Gasteiger partial charge in [-0.05, 0) is 43.9 Å². The zero-order valence-electron chi connectivity index (χ0n) is 19.5. The van der Waals surface area contributed by atoms with Crippen LogP contribution in [0.25, 0.3) is 11.1 Å². The van der Waals surface area contributed by atoms with E-state index in [1.807, 2.05) is 6.92 Å². The Balaban J connectivity index is 1.96. The SMILES string of the molecule is CCCCCc1c(-c2ccc(C(F)(F)F)cc2)c(C(N)=O)c(C)n1CCCN1CCOCC1. The van der Waals surface area contributed by atoms with Gasteiger partial charge in [0.2, 0.25) is 0 Å². The molecule has 1 fully saturated rings. The minimum Gasteiger partial charge on any atom is -0.379 e. The zero-order chi connectivity index (χ0) is 24.0. The molecule has 0 unspecified atom stereocenters. The molecule has 1 aromatic carbocycles. The van der Waals surface area contributed by atoms with E-state index in [4.69, 9.17) is 10.5 Å². The summed E-state index contributed by atoms with van der Waals surface area (Å²) in [4.78, 5) is 14.8. The lowest BCUT2D eigenvalue weighted by molar-refractivity contribution is -0.137. The van der Waals surface area contributed by atoms with Crippen molar-refractivity contribution in [1.82, 2.24) is 9.47 Å². The van der Waals surface area contributed by atoms with E-state index in [9.17, 15) is 18.0 Å². The van der Waals surface area contributed by atoms with Gasteiger partial charge < -0.3 is 15.0 Å². The lowest BCUT2D eigenvalue weighted by atomic mass is 9.96. The fraction of sp³-hybridized carbons (Fsp3) is 0.560. The van der Waals surface area contributed by atoms with Gasteiger partial charge in [-0.15, -0.1) is 0 Å². The highest BCUT2D eigenvalue weighted by atomic mass is 19.4. The van der Waals surface area contributed by atoms with Crippen LogP contribution in [0, 0.1) is 6.92 Å². The molecule has 1 saturated heterocycles. The van der Waals surface area contributed by atoms with Crippen LogP contribution in [0.5, 0.6) is 0 Å². The van der Waals surface area contributed by atoms with Crippen LogP contribution in [-0.2, 0) is 23.9 Å². The van der Waals surface area contributed by atoms with Crippen molar-refractivity contribution in [1.29, 1.82) is 0 Å². The normalized spacial score (nSPS) is 15.2. The average molecular weight is 466 g/mol. The molecular formula is C25H34F3N3O2. The summed E-state index contributed by atoms with van der Waals surface area (Å²) in [5.74, 6) is -0.550. The molecule has 1 aliphatic rings. The number of carbonyl (C=O) groups is 1. The number of hydrogen-bond donors (Lipinski definition) is 1. The first-order chi connectivity index (χ1) is 15.7. The van der Waals surface area contributed by atoms with Crippen molar-refractivity contribution in [3.63, 3.8) is 0 Å². The molecule has 0 aliphatic carbocycles. The third-order valence-corrected chi connectivity index (χ3v) is 6.36. The highest BCUT2D eigenvalue weighted by molar-refractivity contribution is 6.02. The highest BCUT2D eigenvalue weighted by Gasteiger charge is 2.31. The molecule has 8 heteroatoms. The second-order valence-electron chi connectivity index (χ2n) is 8.64. The number of carbonyl (C=O) groups excluding carboxylic acids is 1. The maximum Gasteiger partial charge on any atom is 0.416 e. The molecule has 0 spiro atoms. The number of hydrogen-bond acceptors (Lipinski definition) is 3. The van der Waals surface area contributed by atoms with E-state index in [-0.39, 0.29) is 0 Å². The van der Waals surface area contributed by atoms with Gasteiger partial charge >= 0.3 is 6.18 Å². The van der Waals surface area contributed by atoms with Gasteiger partial charge in [0.1, 0.15) is 0 Å². The van der Waals surface area contributed by atoms with Crippen molar-refractivity contribution in [2.24, 2.45) is 5.73 Å². The molecule has 5 nitrogen and oxygen atoms in total. The van der Waals surface area contributed by atoms with Crippen LogP contribution in [0.3, 0.4) is 0 Å². The number of amides is 1. The summed E-state index contributed by atoms with van der Waals surface area (Å²) < 4.78 is 46.8. The fourth-order valence-electron chi connectivity index (χ4n) is 4.62. The van der Waals surface area contributed by atoms with Gasteiger partial charge in [-0.25, -0.2) is 0 Å². The predicted molar refractivity (Wildman–Crippen MR) is 123 cm³/mol. The quantitative estimate of drug-likeness (QED) is 0.501. The number of primary amides is 1. The van der Waals surface area contributed by atoms with E-state index in [0.29, 0.717) is 16.7 Å². The number of nitrogens with zero attached hydrogens (tertiary/aromatic N) is 2. The van der Waals surface area contributed by atoms with E-state index in [2.05, 4.69) is 16.4 Å². The molecule has 2 N–H and O–H groups in total. The average Bonchev–Trinajstić information content (AvgIpc) is 3.06. The molecule has 3 rings (SSSR count). The Hall–Kier alpha value is -2.32. The van der Waals surface area contributed by atoms with Gasteiger partial charge in [0.15, 0.2) is 0 Å². The van der Waals surface area contributed by atoms with Crippen LogP contribution < -0.4 is 5.73 Å². The monoisotopic (exact) mass is 465 g/mol. The first-order valence-electron chi connectivity index (χ1n) is 11.7. The summed E-state index contributed by atoms with van der Waals surface area (Å²) in [7, 11) is 0. The van der Waals surface area contributed by atoms with Crippen LogP contribution in [0.2, 0.25) is 0 Å². The van der Waals surface area contributed by atoms with Gasteiger partial charge in [-0.1, -0.05) is 31.9 Å². The summed E-state index contributed by atoms with van der Waals surface area (Å²) in [6.07, 6.45) is 0.272. The maximum absolute atomic E-state index is 13.1. The number of unbranched alkanes of at least 4 members (excludes halogenated alkanes) is 2. The highest BCUT2D eigenvalue weighted by Crippen LogP contribution is 2.36. The molecule has 2 aromatic rings. The van der Waals surface area contributed by atoms with Crippen LogP contribution in [-0.4, -0.2) is 48.2 Å². The van der Waals surface area contributed by atoms with Crippen LogP contribution in [0.1, 0.15) is 59.9 Å². The van der Waals surface area contributed by atoms with Crippen LogP contribution in [0.15, 0.2) is 24.3 Å². The maximum atomic E-state index is 13.1. The van der Waals surface area contributed by atoms with Gasteiger partial charge in [-0.2, -0.15) is 13.2 Å². The fourth-order valence-corrected chi connectivity index (χ4v) is 4.62. The molecule has 33 heavy (non-hydrogen) atoms. The van der Waals surface area contributed by atoms with Crippen molar-refractivity contribution in [3.8, 4) is 11.1 Å². The molecule has 0 atom stereocenters. The Kier molecular flexibility index (Phi) is 8.59. The third-order valence-electron chi connectivity index (χ3n) is 6.36. The molecule has 0 saturated carbocycles. The Morgan fingerprint density at radius 1 is 1.06 bits per heavy atom. The summed E-state index contributed by atoms with van der Waals surface area (Å²) in [6, 6.07) is 5.04. The largest absolute Gasteiger partial charge is 0.416 e. The molecule has 182 valence electrons. The standard InChI is InChI=1S/C25H34F3N3O2/c1-3-4-5-7-21-23(19-8-10-20(11-9-19)25(26,27)28)22(24(29)32)18(2)31(21)13-6-12-30-14-16-33-17-15-30/h8-11H,3-7,12-17H2,1-2H3,(H2,29,32). The number of ether oxygens (including phenoxy) is 1. The molecule has 1 aromatic heterocycles. The minimum absolute atomic E-state index is 0.410. The van der Waals surface area contributed by atoms with E-state index in [0.717, 1.165) is 95.0 Å². The summed E-state index contributed by atoms with van der Waals surface area (Å²) in [5.41, 5.74) is 8.52. The van der Waals surface area contributed by atoms with E-state index >= 15 is 0 Å². The summed E-state index contributed by atoms with van der Waals surface area (Å²) in [5, 5.41) is 0. The zero-order valence-corrected chi connectivity index (χ0v) is 19.5. The Morgan fingerprint density at radius 3 is 2.30 bits per heavy atom. The number of nitrogens with two attached hydrogens (primary N) is 1. The number of benzene rings is 1. The van der Waals surface area contributed by atoms with Crippen LogP contribution >= 0.6 is 0 Å². The van der Waals surface area contributed by atoms with Crippen molar-refractivity contribution >= 4 is 5.91 Å². The van der Waals surface area contributed by atoms with Crippen LogP contribution in [0.4, 0.5) is 13.2 Å². The molecule has 2 heterocycles. The first-order valence-corrected chi connectivity index (χ1v) is 11.7. The third kappa shape index (κ3) is 6.18. The number of aromatic nitrogens is 1. The Labute approximate surface area is 193 Å². The number of alkyl halides is 3. The topological polar surface area (TPSA) is 60.5 Å². The predicted octanol–water partition coefficient (Wildman–Crippen LogP) is 5.04. The van der Waals surface area contributed by atoms with Crippen molar-refractivity contribution in [3.05, 3.63) is 46.8 Å². The van der Waals surface area contributed by atoms with E-state index in [1.165, 1.54) is 12.1 Å². The van der Waals surface area contributed by atoms with Crippen molar-refractivity contribution < 1.29 is 22.7 Å². The number of halogens is 3. The lowest BCUT2D eigenvalue weighted by Gasteiger charge is -2.26. The molecule has 0 radical (unpaired) electrons. The molecule has 1 amide bonds. The van der Waals surface area contributed by atoms with Gasteiger partial charge in [-0.3, -0.25) is 9.69 Å². The first kappa shape index (κ1) is 25.3. The smallest absolute Gasteiger partial charge is 0.379 e. The van der Waals surface area contributed by atoms with E-state index in [1.54, 1.807) is 0 Å². The second kappa shape index (κ2) is 11.2. The van der Waals surface area contributed by atoms with Gasteiger partial charge in [0, 0.05) is 43.1 Å². The molecule has 0 bridgehead atoms. The van der Waals surface area contributed by atoms with Gasteiger partial charge in [0.05, 0.1) is 24.3 Å². The van der Waals surface area contributed by atoms with Crippen molar-refractivity contribution in [2.45, 2.75) is 58.7 Å². The summed E-state index contributed by atoms with van der Waals surface area (Å²) in [6.45, 7) is 8.98. The Morgan fingerprint density at radius 2 is 1.73 bits per heavy atom. The van der Waals surface area contributed by atoms with Crippen molar-refractivity contribution in [2.75, 3.05) is 32.8 Å². The number of morpholine rings is 1. The minimum atomic E-state index is -4.41. The second-order valence-corrected chi connectivity index (χ2v) is 8.64. The Bertz CT molecular complexity index is 930.